The van der Waals surface area contributed by atoms with E-state index in [1.165, 1.54) is 12.1 Å². The maximum absolute atomic E-state index is 12.1. The number of alkyl halides is 3. The first-order valence-corrected chi connectivity index (χ1v) is 7.70. The van der Waals surface area contributed by atoms with Gasteiger partial charge >= 0.3 is 6.36 Å². The Morgan fingerprint density at radius 1 is 1.22 bits per heavy atom. The predicted molar refractivity (Wildman–Crippen MR) is 79.8 cm³/mol. The Morgan fingerprint density at radius 2 is 1.83 bits per heavy atom. The van der Waals surface area contributed by atoms with Crippen molar-refractivity contribution >= 4 is 5.91 Å². The number of piperidine rings is 1. The minimum atomic E-state index is -4.69. The minimum absolute atomic E-state index is 0.0797. The fraction of sp³-hybridized carbons (Fsp3) is 0.562. The van der Waals surface area contributed by atoms with Crippen molar-refractivity contribution in [1.29, 1.82) is 0 Å². The third-order valence-electron chi connectivity index (χ3n) is 4.09. The summed E-state index contributed by atoms with van der Waals surface area (Å²) in [6, 6.07) is 5.63. The number of hydrogen-bond donors (Lipinski definition) is 1. The molecule has 1 aromatic rings. The molecule has 128 valence electrons. The summed E-state index contributed by atoms with van der Waals surface area (Å²) in [5.74, 6) is 0.327. The number of hydrogen-bond acceptors (Lipinski definition) is 3. The number of rotatable bonds is 5. The van der Waals surface area contributed by atoms with E-state index in [-0.39, 0.29) is 11.7 Å². The SMILES string of the molecule is NCC1CCN(C(=O)CCc2ccc(OC(F)(F)F)cc2)CC1. The largest absolute Gasteiger partial charge is 0.573 e. The van der Waals surface area contributed by atoms with Gasteiger partial charge in [-0.3, -0.25) is 4.79 Å². The van der Waals surface area contributed by atoms with Crippen LogP contribution in [0.2, 0.25) is 0 Å². The van der Waals surface area contributed by atoms with Gasteiger partial charge < -0.3 is 15.4 Å². The lowest BCUT2D eigenvalue weighted by molar-refractivity contribution is -0.274. The molecule has 1 aliphatic rings. The number of carbonyl (C=O) groups is 1. The molecule has 1 saturated heterocycles. The van der Waals surface area contributed by atoms with E-state index in [2.05, 4.69) is 4.74 Å². The summed E-state index contributed by atoms with van der Waals surface area (Å²) in [7, 11) is 0. The number of likely N-dealkylation sites (tertiary alicyclic amines) is 1. The summed E-state index contributed by atoms with van der Waals surface area (Å²) in [6.45, 7) is 2.13. The monoisotopic (exact) mass is 330 g/mol. The molecule has 1 fully saturated rings. The summed E-state index contributed by atoms with van der Waals surface area (Å²) in [4.78, 5) is 14.0. The Hall–Kier alpha value is -1.76. The summed E-state index contributed by atoms with van der Waals surface area (Å²) < 4.78 is 40.0. The van der Waals surface area contributed by atoms with E-state index < -0.39 is 6.36 Å². The van der Waals surface area contributed by atoms with E-state index in [1.54, 1.807) is 12.1 Å². The van der Waals surface area contributed by atoms with Gasteiger partial charge in [-0.15, -0.1) is 13.2 Å². The van der Waals surface area contributed by atoms with Crippen molar-refractivity contribution in [3.63, 3.8) is 0 Å². The molecule has 0 aromatic heterocycles. The molecule has 0 aliphatic carbocycles. The highest BCUT2D eigenvalue weighted by molar-refractivity contribution is 5.76. The molecule has 1 amide bonds. The second kappa shape index (κ2) is 7.68. The molecule has 23 heavy (non-hydrogen) atoms. The zero-order valence-corrected chi connectivity index (χ0v) is 12.8. The Kier molecular flexibility index (Phi) is 5.87. The maximum Gasteiger partial charge on any atom is 0.573 e. The van der Waals surface area contributed by atoms with Crippen LogP contribution in [0.25, 0.3) is 0 Å². The average molecular weight is 330 g/mol. The van der Waals surface area contributed by atoms with E-state index >= 15 is 0 Å². The number of nitrogens with zero attached hydrogens (tertiary/aromatic N) is 1. The van der Waals surface area contributed by atoms with E-state index in [4.69, 9.17) is 5.73 Å². The van der Waals surface area contributed by atoms with Crippen molar-refractivity contribution in [2.24, 2.45) is 11.7 Å². The van der Waals surface area contributed by atoms with Crippen molar-refractivity contribution in [2.45, 2.75) is 32.0 Å². The van der Waals surface area contributed by atoms with Gasteiger partial charge in [-0.1, -0.05) is 12.1 Å². The van der Waals surface area contributed by atoms with Crippen LogP contribution in [0.1, 0.15) is 24.8 Å². The third-order valence-corrected chi connectivity index (χ3v) is 4.09. The van der Waals surface area contributed by atoms with Gasteiger partial charge in [0.05, 0.1) is 0 Å². The lowest BCUT2D eigenvalue weighted by Crippen LogP contribution is -2.40. The van der Waals surface area contributed by atoms with Crippen LogP contribution in [0.3, 0.4) is 0 Å². The smallest absolute Gasteiger partial charge is 0.406 e. The number of ether oxygens (including phenoxy) is 1. The molecule has 1 aromatic carbocycles. The molecule has 0 unspecified atom stereocenters. The molecule has 7 heteroatoms. The molecule has 1 heterocycles. The molecule has 0 saturated carbocycles. The van der Waals surface area contributed by atoms with Gasteiger partial charge in [0.25, 0.3) is 0 Å². The fourth-order valence-electron chi connectivity index (χ4n) is 2.69. The van der Waals surface area contributed by atoms with Gasteiger partial charge in [0.1, 0.15) is 5.75 Å². The van der Waals surface area contributed by atoms with Crippen LogP contribution in [0, 0.1) is 5.92 Å². The van der Waals surface area contributed by atoms with Crippen LogP contribution < -0.4 is 10.5 Å². The molecule has 2 rings (SSSR count). The van der Waals surface area contributed by atoms with Crippen molar-refractivity contribution in [2.75, 3.05) is 19.6 Å². The van der Waals surface area contributed by atoms with E-state index in [9.17, 15) is 18.0 Å². The highest BCUT2D eigenvalue weighted by Crippen LogP contribution is 2.23. The first-order valence-electron chi connectivity index (χ1n) is 7.70. The van der Waals surface area contributed by atoms with E-state index in [1.807, 2.05) is 4.90 Å². The lowest BCUT2D eigenvalue weighted by atomic mass is 9.96. The van der Waals surface area contributed by atoms with Crippen LogP contribution in [0.4, 0.5) is 13.2 Å². The van der Waals surface area contributed by atoms with Crippen molar-refractivity contribution in [1.82, 2.24) is 4.90 Å². The lowest BCUT2D eigenvalue weighted by Gasteiger charge is -2.31. The first kappa shape index (κ1) is 17.6. The topological polar surface area (TPSA) is 55.6 Å². The molecular weight excluding hydrogens is 309 g/mol. The van der Waals surface area contributed by atoms with Gasteiger partial charge in [0.15, 0.2) is 0 Å². The van der Waals surface area contributed by atoms with Crippen LogP contribution in [0.5, 0.6) is 5.75 Å². The number of nitrogens with two attached hydrogens (primary N) is 1. The Balaban J connectivity index is 1.78. The van der Waals surface area contributed by atoms with Crippen LogP contribution in [0.15, 0.2) is 24.3 Å². The highest BCUT2D eigenvalue weighted by Gasteiger charge is 2.31. The predicted octanol–water partition coefficient (Wildman–Crippen LogP) is 2.72. The standard InChI is InChI=1S/C16H21F3N2O2/c17-16(18,19)23-14-4-1-12(2-5-14)3-6-15(22)21-9-7-13(11-20)8-10-21/h1-2,4-5,13H,3,6-11,20H2. The molecule has 0 spiro atoms. The fourth-order valence-corrected chi connectivity index (χ4v) is 2.69. The molecule has 0 atom stereocenters. The number of benzene rings is 1. The van der Waals surface area contributed by atoms with Crippen molar-refractivity contribution in [3.8, 4) is 5.75 Å². The Bertz CT molecular complexity index is 509. The van der Waals surface area contributed by atoms with Crippen molar-refractivity contribution < 1.29 is 22.7 Å². The number of amides is 1. The second-order valence-electron chi connectivity index (χ2n) is 5.75. The molecule has 0 bridgehead atoms. The Morgan fingerprint density at radius 3 is 2.35 bits per heavy atom. The molecule has 2 N–H and O–H groups in total. The molecule has 0 radical (unpaired) electrons. The van der Waals surface area contributed by atoms with Crippen LogP contribution >= 0.6 is 0 Å². The van der Waals surface area contributed by atoms with Gasteiger partial charge in [0, 0.05) is 19.5 Å². The molecular formula is C16H21F3N2O2. The highest BCUT2D eigenvalue weighted by atomic mass is 19.4. The van der Waals surface area contributed by atoms with Crippen LogP contribution in [-0.4, -0.2) is 36.8 Å². The van der Waals surface area contributed by atoms with Gasteiger partial charge in [-0.2, -0.15) is 0 Å². The number of halogens is 3. The zero-order chi connectivity index (χ0) is 16.9. The quantitative estimate of drug-likeness (QED) is 0.903. The van der Waals surface area contributed by atoms with E-state index in [0.717, 1.165) is 31.5 Å². The summed E-state index contributed by atoms with van der Waals surface area (Å²) >= 11 is 0. The van der Waals surface area contributed by atoms with Crippen LogP contribution in [-0.2, 0) is 11.2 Å². The summed E-state index contributed by atoms with van der Waals surface area (Å²) in [6.07, 6.45) is -1.96. The normalized spacial score (nSPS) is 16.4. The Labute approximate surface area is 133 Å². The molecule has 4 nitrogen and oxygen atoms in total. The van der Waals surface area contributed by atoms with Crippen molar-refractivity contribution in [3.05, 3.63) is 29.8 Å². The summed E-state index contributed by atoms with van der Waals surface area (Å²) in [5.41, 5.74) is 6.44. The summed E-state index contributed by atoms with van der Waals surface area (Å²) in [5, 5.41) is 0. The molecule has 1 aliphatic heterocycles. The minimum Gasteiger partial charge on any atom is -0.406 e. The number of aryl methyl sites for hydroxylation is 1. The average Bonchev–Trinajstić information content (AvgIpc) is 2.52. The van der Waals surface area contributed by atoms with Gasteiger partial charge in [0.2, 0.25) is 5.91 Å². The van der Waals surface area contributed by atoms with Gasteiger partial charge in [-0.05, 0) is 49.4 Å². The first-order chi connectivity index (χ1) is 10.9. The maximum atomic E-state index is 12.1. The second-order valence-corrected chi connectivity index (χ2v) is 5.75. The zero-order valence-electron chi connectivity index (χ0n) is 12.8. The third kappa shape index (κ3) is 5.74. The van der Waals surface area contributed by atoms with Gasteiger partial charge in [-0.25, -0.2) is 0 Å². The van der Waals surface area contributed by atoms with E-state index in [0.29, 0.717) is 25.3 Å². The number of carbonyl (C=O) groups excluding carboxylic acids is 1.